The van der Waals surface area contributed by atoms with E-state index in [9.17, 15) is 0 Å². The molecule has 12 aromatic carbocycles. The monoisotopic (exact) mass is 1270 g/mol. The molecule has 1 fully saturated rings. The van der Waals surface area contributed by atoms with Gasteiger partial charge in [0.2, 0.25) is 0 Å². The van der Waals surface area contributed by atoms with Crippen LogP contribution in [0.3, 0.4) is 0 Å². The van der Waals surface area contributed by atoms with E-state index in [1.807, 2.05) is 0 Å². The SMILES string of the molecule is C1=C(C2=Cc3cc4ccccc4cc3C2)Cc2ccccc21.C1=C(C2CCCCC2)Cc2cc3ccccc3cc21.C1=CCC(C2=Cc3cc4cc5ccccc5cc4cc3C2)=C1.C1=CCC(C2=Cc3cc4ccccc4cc3C2)=C1.C1=CCC(c2ccc3c(c2)-c2ccccc2C3)=C1. The Bertz CT molecular complexity index is 5660. The molecule has 0 bridgehead atoms. The number of fused-ring (bicyclic) bond motifs is 13. The van der Waals surface area contributed by atoms with Crippen molar-refractivity contribution in [2.24, 2.45) is 5.92 Å². The van der Waals surface area contributed by atoms with Crippen LogP contribution in [0, 0.1) is 5.92 Å². The lowest BCUT2D eigenvalue weighted by Crippen LogP contribution is -2.08. The molecule has 0 N–H and O–H groups in total. The quantitative estimate of drug-likeness (QED) is 0.151. The van der Waals surface area contributed by atoms with Crippen LogP contribution < -0.4 is 0 Å². The molecule has 12 aromatic rings. The molecule has 22 rings (SSSR count). The average Bonchev–Trinajstić information content (AvgIpc) is 1.78. The minimum atomic E-state index is 0.865. The normalized spacial score (nSPS) is 16.6. The molecule has 0 saturated heterocycles. The Morgan fingerprint density at radius 3 is 1.13 bits per heavy atom. The number of hydrogen-bond donors (Lipinski definition) is 0. The maximum atomic E-state index is 2.48. The van der Waals surface area contributed by atoms with Crippen molar-refractivity contribution in [1.82, 2.24) is 0 Å². The fourth-order valence-corrected chi connectivity index (χ4v) is 17.1. The second-order valence-corrected chi connectivity index (χ2v) is 28.8. The van der Waals surface area contributed by atoms with E-state index in [2.05, 4.69) is 310 Å². The summed E-state index contributed by atoms with van der Waals surface area (Å²) in [6.07, 6.45) is 48.9. The van der Waals surface area contributed by atoms with E-state index in [0.29, 0.717) is 0 Å². The third kappa shape index (κ3) is 12.4. The molecular weight excluding hydrogens is 1190 g/mol. The molecule has 0 heterocycles. The summed E-state index contributed by atoms with van der Waals surface area (Å²) in [5.74, 6) is 0.865. The number of allylic oxidation sites excluding steroid dienone is 17. The molecule has 0 radical (unpaired) electrons. The molecule has 0 heteroatoms. The van der Waals surface area contributed by atoms with E-state index in [-0.39, 0.29) is 0 Å². The molecule has 10 aliphatic carbocycles. The van der Waals surface area contributed by atoms with Crippen molar-refractivity contribution in [3.05, 3.63) is 390 Å². The first-order chi connectivity index (χ1) is 48.9. The van der Waals surface area contributed by atoms with Gasteiger partial charge in [-0.1, -0.05) is 292 Å². The largest absolute Gasteiger partial charge is 0.0801 e. The smallest absolute Gasteiger partial charge is 0.00134 e. The van der Waals surface area contributed by atoms with Crippen molar-refractivity contribution in [1.29, 1.82) is 0 Å². The molecule has 99 heavy (non-hydrogen) atoms. The first-order valence-electron chi connectivity index (χ1n) is 36.4. The first kappa shape index (κ1) is 60.5. The summed E-state index contributed by atoms with van der Waals surface area (Å²) < 4.78 is 0. The van der Waals surface area contributed by atoms with Crippen LogP contribution in [-0.2, 0) is 38.5 Å². The lowest BCUT2D eigenvalue weighted by atomic mass is 9.83. The van der Waals surface area contributed by atoms with Crippen LogP contribution in [0.1, 0.15) is 124 Å². The highest BCUT2D eigenvalue weighted by atomic mass is 14.3. The fraction of sp³-hybridized carbons (Fsp3) is 0.152. The zero-order valence-electron chi connectivity index (χ0n) is 56.4. The van der Waals surface area contributed by atoms with Gasteiger partial charge in [0.25, 0.3) is 0 Å². The molecule has 0 atom stereocenters. The molecule has 10 aliphatic rings. The summed E-state index contributed by atoms with van der Waals surface area (Å²) in [4.78, 5) is 0. The van der Waals surface area contributed by atoms with Gasteiger partial charge in [-0.05, 0) is 295 Å². The van der Waals surface area contributed by atoms with Gasteiger partial charge in [-0.15, -0.1) is 0 Å². The Kier molecular flexibility index (Phi) is 16.2. The van der Waals surface area contributed by atoms with Crippen LogP contribution in [0.15, 0.2) is 318 Å². The van der Waals surface area contributed by atoms with Gasteiger partial charge >= 0.3 is 0 Å². The summed E-state index contributed by atoms with van der Waals surface area (Å²) in [5, 5.41) is 13.5. The van der Waals surface area contributed by atoms with Crippen LogP contribution >= 0.6 is 0 Å². The standard InChI is InChI=1S/2C22H16.C19H20.2C18H14/c1-2-6-16-10-19(9-15(16)5-1)22-13-20-11-17-7-3-4-8-18(17)12-21(20)14-22;1-2-6-15(5-1)18-11-21-13-19-9-16-7-3-4-8-17(16)10-20(19)14-22(21)12-18;1-2-6-14(7-3-1)17-12-18-10-15-8-4-5-9-16(15)11-19(18)13-17;1-2-6-13(5-1)16-11-17-9-14-7-3-4-8-15(14)10-18(17)12-16;1-2-6-13(5-1)14-9-10-16-11-15-7-3-4-8-17(15)18(16)12-14/h1-9,11-13H,10,14H2;1-5,7-11,13-14H,6,12H2;4-5,8-12,14H,1-3,6-7,13H2;1-5,7-11H,6,12H2;1-5,7-10,12H,6,11H2. The zero-order valence-corrected chi connectivity index (χ0v) is 56.4. The van der Waals surface area contributed by atoms with Gasteiger partial charge in [-0.3, -0.25) is 0 Å². The lowest BCUT2D eigenvalue weighted by molar-refractivity contribution is 0.401. The third-order valence-corrected chi connectivity index (χ3v) is 22.5. The van der Waals surface area contributed by atoms with E-state index >= 15 is 0 Å². The summed E-state index contributed by atoms with van der Waals surface area (Å²) in [6.45, 7) is 0. The topological polar surface area (TPSA) is 0 Å². The van der Waals surface area contributed by atoms with Crippen LogP contribution in [-0.4, -0.2) is 0 Å². The van der Waals surface area contributed by atoms with Crippen molar-refractivity contribution in [2.45, 2.75) is 89.9 Å². The van der Waals surface area contributed by atoms with Gasteiger partial charge in [-0.25, -0.2) is 0 Å². The predicted molar refractivity (Wildman–Crippen MR) is 425 cm³/mol. The van der Waals surface area contributed by atoms with E-state index in [1.165, 1.54) is 209 Å². The lowest BCUT2D eigenvalue weighted by Gasteiger charge is -2.22. The maximum Gasteiger partial charge on any atom is -0.00134 e. The second kappa shape index (κ2) is 26.5. The highest BCUT2D eigenvalue weighted by Gasteiger charge is 2.25. The van der Waals surface area contributed by atoms with Gasteiger partial charge < -0.3 is 0 Å². The van der Waals surface area contributed by atoms with Crippen LogP contribution in [0.4, 0.5) is 0 Å². The molecule has 0 aromatic heterocycles. The molecule has 0 nitrogen and oxygen atoms in total. The second-order valence-electron chi connectivity index (χ2n) is 28.8. The third-order valence-electron chi connectivity index (χ3n) is 22.5. The fourth-order valence-electron chi connectivity index (χ4n) is 17.1. The summed E-state index contributed by atoms with van der Waals surface area (Å²) in [7, 11) is 0. The van der Waals surface area contributed by atoms with Crippen molar-refractivity contribution in [3.63, 3.8) is 0 Å². The van der Waals surface area contributed by atoms with Crippen molar-refractivity contribution < 1.29 is 0 Å². The highest BCUT2D eigenvalue weighted by molar-refractivity contribution is 6.00. The first-order valence-corrected chi connectivity index (χ1v) is 36.4. The summed E-state index contributed by atoms with van der Waals surface area (Å²) >= 11 is 0. The average molecular weight is 1270 g/mol. The minimum Gasteiger partial charge on any atom is -0.0801 e. The number of benzene rings is 12. The molecule has 0 amide bonds. The van der Waals surface area contributed by atoms with Gasteiger partial charge in [0.05, 0.1) is 0 Å². The minimum absolute atomic E-state index is 0.865. The molecule has 0 unspecified atom stereocenters. The summed E-state index contributed by atoms with van der Waals surface area (Å²) in [6, 6.07) is 82.5. The van der Waals surface area contributed by atoms with E-state index in [1.54, 1.807) is 11.1 Å². The van der Waals surface area contributed by atoms with E-state index in [4.69, 9.17) is 0 Å². The van der Waals surface area contributed by atoms with Gasteiger partial charge in [0.15, 0.2) is 0 Å². The zero-order chi connectivity index (χ0) is 65.6. The predicted octanol–water partition coefficient (Wildman–Crippen LogP) is 25.9. The molecule has 0 aliphatic heterocycles. The molecule has 1 saturated carbocycles. The van der Waals surface area contributed by atoms with Crippen LogP contribution in [0.5, 0.6) is 0 Å². The Morgan fingerprint density at radius 2 is 0.616 bits per heavy atom. The Hall–Kier alpha value is -10.9. The molecule has 476 valence electrons. The van der Waals surface area contributed by atoms with Crippen LogP contribution in [0.2, 0.25) is 0 Å². The maximum absolute atomic E-state index is 2.48. The van der Waals surface area contributed by atoms with Gasteiger partial charge in [0.1, 0.15) is 0 Å². The van der Waals surface area contributed by atoms with Crippen molar-refractivity contribution >= 4 is 89.8 Å². The molecule has 0 spiro atoms. The summed E-state index contributed by atoms with van der Waals surface area (Å²) in [5.41, 5.74) is 33.6. The van der Waals surface area contributed by atoms with Crippen molar-refractivity contribution in [3.8, 4) is 11.1 Å². The number of hydrogen-bond acceptors (Lipinski definition) is 0. The van der Waals surface area contributed by atoms with Gasteiger partial charge in [-0.2, -0.15) is 0 Å². The molecular formula is C99H80. The van der Waals surface area contributed by atoms with E-state index < -0.39 is 0 Å². The Balaban J connectivity index is 0.0000000897. The Labute approximate surface area is 583 Å². The van der Waals surface area contributed by atoms with Gasteiger partial charge in [0, 0.05) is 0 Å². The van der Waals surface area contributed by atoms with Crippen LogP contribution in [0.25, 0.3) is 101 Å². The Morgan fingerprint density at radius 1 is 0.232 bits per heavy atom. The van der Waals surface area contributed by atoms with E-state index in [0.717, 1.165) is 57.3 Å². The highest BCUT2D eigenvalue weighted by Crippen LogP contribution is 2.43. The number of rotatable bonds is 5. The van der Waals surface area contributed by atoms with Crippen molar-refractivity contribution in [2.75, 3.05) is 0 Å².